The molecule has 3 N–H and O–H groups in total. The maximum atomic E-state index is 12.1. The van der Waals surface area contributed by atoms with Gasteiger partial charge in [0.25, 0.3) is 0 Å². The van der Waals surface area contributed by atoms with Crippen molar-refractivity contribution in [3.63, 3.8) is 0 Å². The van der Waals surface area contributed by atoms with Crippen LogP contribution in [0.15, 0.2) is 71.5 Å². The molecule has 1 unspecified atom stereocenters. The minimum atomic E-state index is -0.706. The Morgan fingerprint density at radius 3 is 1.91 bits per heavy atom. The molecular formula is C40H60N2O3. The molecule has 1 heterocycles. The summed E-state index contributed by atoms with van der Waals surface area (Å²) in [6, 6.07) is 22.0. The first-order valence-corrected chi connectivity index (χ1v) is 17.3. The van der Waals surface area contributed by atoms with E-state index < -0.39 is 6.10 Å². The van der Waals surface area contributed by atoms with Crippen LogP contribution in [0.3, 0.4) is 0 Å². The summed E-state index contributed by atoms with van der Waals surface area (Å²) in [5.74, 6) is 0.597. The molecule has 0 spiro atoms. The average molecular weight is 617 g/mol. The van der Waals surface area contributed by atoms with Crippen molar-refractivity contribution in [2.45, 2.75) is 120 Å². The number of hydrogen-bond acceptors (Lipinski definition) is 4. The number of nitrogens with one attached hydrogen (secondary N) is 2. The predicted octanol–water partition coefficient (Wildman–Crippen LogP) is 9.52. The molecule has 248 valence electrons. The summed E-state index contributed by atoms with van der Waals surface area (Å²) in [6.45, 7) is 21.5. The Balaban J connectivity index is 0.00000103. The van der Waals surface area contributed by atoms with Crippen molar-refractivity contribution in [1.29, 1.82) is 0 Å². The minimum Gasteiger partial charge on any atom is -0.487 e. The van der Waals surface area contributed by atoms with Gasteiger partial charge in [-0.1, -0.05) is 124 Å². The lowest BCUT2D eigenvalue weighted by Crippen LogP contribution is -2.33. The number of ether oxygens (including phenoxy) is 1. The molecule has 1 aromatic heterocycles. The Kier molecular flexibility index (Phi) is 19.5. The van der Waals surface area contributed by atoms with Gasteiger partial charge in [0, 0.05) is 24.0 Å². The van der Waals surface area contributed by atoms with E-state index in [2.05, 4.69) is 50.1 Å². The summed E-state index contributed by atoms with van der Waals surface area (Å²) in [7, 11) is 0. The number of pyridine rings is 1. The number of aromatic nitrogens is 1. The van der Waals surface area contributed by atoms with Crippen molar-refractivity contribution in [1.82, 2.24) is 10.3 Å². The molecule has 1 aliphatic carbocycles. The molecule has 4 aromatic rings. The van der Waals surface area contributed by atoms with Crippen LogP contribution in [0.4, 0.5) is 0 Å². The summed E-state index contributed by atoms with van der Waals surface area (Å²) in [5, 5.41) is 15.5. The molecular weight excluding hydrogens is 556 g/mol. The molecule has 1 aliphatic rings. The Morgan fingerprint density at radius 2 is 1.38 bits per heavy atom. The second-order valence-electron chi connectivity index (χ2n) is 10.4. The summed E-state index contributed by atoms with van der Waals surface area (Å²) < 4.78 is 6.04. The largest absolute Gasteiger partial charge is 0.487 e. The van der Waals surface area contributed by atoms with Crippen LogP contribution in [0.25, 0.3) is 10.9 Å². The van der Waals surface area contributed by atoms with Gasteiger partial charge in [0.15, 0.2) is 0 Å². The highest BCUT2D eigenvalue weighted by Crippen LogP contribution is 2.31. The van der Waals surface area contributed by atoms with Gasteiger partial charge in [-0.3, -0.25) is 4.79 Å². The fraction of sp³-hybridized carbons (Fsp3) is 0.475. The van der Waals surface area contributed by atoms with E-state index in [1.807, 2.05) is 84.0 Å². The van der Waals surface area contributed by atoms with Crippen LogP contribution in [0.2, 0.25) is 0 Å². The Hall–Kier alpha value is -3.41. The number of aliphatic hydroxyl groups excluding tert-OH is 1. The summed E-state index contributed by atoms with van der Waals surface area (Å²) in [5.41, 5.74) is 8.00. The maximum absolute atomic E-state index is 12.1. The van der Waals surface area contributed by atoms with E-state index in [0.29, 0.717) is 30.5 Å². The molecule has 5 rings (SSSR count). The first-order valence-electron chi connectivity index (χ1n) is 17.3. The van der Waals surface area contributed by atoms with Crippen molar-refractivity contribution in [3.8, 4) is 5.75 Å². The first kappa shape index (κ1) is 39.6. The quantitative estimate of drug-likeness (QED) is 0.175. The lowest BCUT2D eigenvalue weighted by molar-refractivity contribution is 0.171. The second-order valence-corrected chi connectivity index (χ2v) is 10.4. The standard InChI is InChI=1S/C31H34N2O3.C3H8.3C2H6/c1-3-21-14-23-16-25(17-24(23)15-22(21)4-2)32-18-28(34)26-10-12-29(31-27(26)11-13-30(35)33-31)36-19-20-8-6-5-7-9-20;1-3-2;3*1-2/h5-15,25,28,32,34H,3-4,16-19H2,1-2H3,(H,33,35);3H2,1-2H3;3*1-2H3. The van der Waals surface area contributed by atoms with Gasteiger partial charge in [0.1, 0.15) is 12.4 Å². The van der Waals surface area contributed by atoms with Gasteiger partial charge in [-0.05, 0) is 71.2 Å². The first-order chi connectivity index (χ1) is 22.0. The van der Waals surface area contributed by atoms with Crippen LogP contribution in [0.1, 0.15) is 115 Å². The lowest BCUT2D eigenvalue weighted by Gasteiger charge is -2.19. The molecule has 0 bridgehead atoms. The van der Waals surface area contributed by atoms with Gasteiger partial charge in [-0.15, -0.1) is 0 Å². The molecule has 5 nitrogen and oxygen atoms in total. The van der Waals surface area contributed by atoms with E-state index >= 15 is 0 Å². The fourth-order valence-corrected chi connectivity index (χ4v) is 5.36. The number of aromatic amines is 1. The Bertz CT molecular complexity index is 1400. The SMILES string of the molecule is CC.CC.CC.CCC.CCc1cc2c(cc1CC)CC(NCC(O)c1ccc(OCc3ccccc3)c3[nH]c(=O)ccc13)C2. The van der Waals surface area contributed by atoms with Crippen molar-refractivity contribution >= 4 is 10.9 Å². The van der Waals surface area contributed by atoms with Crippen LogP contribution in [-0.4, -0.2) is 22.7 Å². The van der Waals surface area contributed by atoms with E-state index in [4.69, 9.17) is 4.74 Å². The summed E-state index contributed by atoms with van der Waals surface area (Å²) >= 11 is 0. The number of aryl methyl sites for hydroxylation is 2. The number of hydrogen-bond donors (Lipinski definition) is 3. The van der Waals surface area contributed by atoms with Crippen molar-refractivity contribution in [2.24, 2.45) is 0 Å². The second kappa shape index (κ2) is 22.2. The molecule has 0 saturated carbocycles. The van der Waals surface area contributed by atoms with Crippen molar-refractivity contribution < 1.29 is 9.84 Å². The zero-order valence-electron chi connectivity index (χ0n) is 29.7. The number of aliphatic hydroxyl groups is 1. The van der Waals surface area contributed by atoms with Crippen LogP contribution in [0, 0.1) is 0 Å². The van der Waals surface area contributed by atoms with Gasteiger partial charge in [0.05, 0.1) is 11.6 Å². The van der Waals surface area contributed by atoms with E-state index in [0.717, 1.165) is 42.2 Å². The third-order valence-electron chi connectivity index (χ3n) is 7.30. The van der Waals surface area contributed by atoms with E-state index in [-0.39, 0.29) is 5.56 Å². The minimum absolute atomic E-state index is 0.196. The maximum Gasteiger partial charge on any atom is 0.248 e. The number of H-pyrrole nitrogens is 1. The topological polar surface area (TPSA) is 74.3 Å². The lowest BCUT2D eigenvalue weighted by atomic mass is 9.97. The van der Waals surface area contributed by atoms with Crippen LogP contribution in [-0.2, 0) is 32.3 Å². The third kappa shape index (κ3) is 11.5. The molecule has 0 aliphatic heterocycles. The number of fused-ring (bicyclic) bond motifs is 2. The molecule has 0 amide bonds. The van der Waals surface area contributed by atoms with Gasteiger partial charge in [-0.25, -0.2) is 0 Å². The molecule has 45 heavy (non-hydrogen) atoms. The number of benzene rings is 3. The monoisotopic (exact) mass is 616 g/mol. The van der Waals surface area contributed by atoms with Crippen molar-refractivity contribution in [2.75, 3.05) is 6.54 Å². The molecule has 3 aromatic carbocycles. The average Bonchev–Trinajstić information content (AvgIpc) is 3.50. The molecule has 1 atom stereocenters. The summed E-state index contributed by atoms with van der Waals surface area (Å²) in [4.78, 5) is 15.0. The van der Waals surface area contributed by atoms with Crippen LogP contribution in [0.5, 0.6) is 5.75 Å². The number of rotatable bonds is 9. The van der Waals surface area contributed by atoms with Gasteiger partial charge < -0.3 is 20.1 Å². The highest BCUT2D eigenvalue weighted by molar-refractivity contribution is 5.87. The summed E-state index contributed by atoms with van der Waals surface area (Å²) in [6.07, 6.45) is 4.64. The van der Waals surface area contributed by atoms with E-state index in [1.54, 1.807) is 6.07 Å². The predicted molar refractivity (Wildman–Crippen MR) is 195 cm³/mol. The molecule has 0 radical (unpaired) electrons. The van der Waals surface area contributed by atoms with Crippen LogP contribution < -0.4 is 15.6 Å². The molecule has 0 fully saturated rings. The van der Waals surface area contributed by atoms with Crippen molar-refractivity contribution in [3.05, 3.63) is 110 Å². The molecule has 5 heteroatoms. The van der Waals surface area contributed by atoms with Crippen LogP contribution >= 0.6 is 0 Å². The highest BCUT2D eigenvalue weighted by Gasteiger charge is 2.24. The van der Waals surface area contributed by atoms with Gasteiger partial charge in [0.2, 0.25) is 5.56 Å². The Morgan fingerprint density at radius 1 is 0.822 bits per heavy atom. The molecule has 0 saturated heterocycles. The smallest absolute Gasteiger partial charge is 0.248 e. The fourth-order valence-electron chi connectivity index (χ4n) is 5.36. The third-order valence-corrected chi connectivity index (χ3v) is 7.30. The highest BCUT2D eigenvalue weighted by atomic mass is 16.5. The Labute approximate surface area is 273 Å². The normalized spacial score (nSPS) is 12.2. The zero-order chi connectivity index (χ0) is 33.8. The zero-order valence-corrected chi connectivity index (χ0v) is 29.7. The van der Waals surface area contributed by atoms with Gasteiger partial charge >= 0.3 is 0 Å². The van der Waals surface area contributed by atoms with E-state index in [9.17, 15) is 9.90 Å². The van der Waals surface area contributed by atoms with Gasteiger partial charge in [-0.2, -0.15) is 0 Å². The van der Waals surface area contributed by atoms with E-state index in [1.165, 1.54) is 34.7 Å².